The molecule has 2 N–H and O–H groups in total. The van der Waals surface area contributed by atoms with E-state index in [1.807, 2.05) is 4.90 Å². The number of aliphatic hydroxyl groups excluding tert-OH is 1. The Kier molecular flexibility index (Phi) is 6.26. The van der Waals surface area contributed by atoms with Crippen LogP contribution in [-0.2, 0) is 4.74 Å². The summed E-state index contributed by atoms with van der Waals surface area (Å²) in [5.74, 6) is 0.954. The van der Waals surface area contributed by atoms with E-state index in [2.05, 4.69) is 10.3 Å². The number of anilines is 1. The Hall–Kier alpha value is -1.66. The normalized spacial score (nSPS) is 25.0. The molecule has 2 unspecified atom stereocenters. The van der Waals surface area contributed by atoms with E-state index in [4.69, 9.17) is 4.74 Å². The van der Waals surface area contributed by atoms with Gasteiger partial charge >= 0.3 is 5.97 Å². The van der Waals surface area contributed by atoms with Crippen LogP contribution in [0.25, 0.3) is 0 Å². The summed E-state index contributed by atoms with van der Waals surface area (Å²) in [5.41, 5.74) is 0.450. The number of pyridine rings is 1. The first-order valence-electron chi connectivity index (χ1n) is 9.38. The Morgan fingerprint density at radius 1 is 1.36 bits per heavy atom. The summed E-state index contributed by atoms with van der Waals surface area (Å²) in [5, 5.41) is 14.1. The van der Waals surface area contributed by atoms with Gasteiger partial charge in [-0.25, -0.2) is 9.78 Å². The van der Waals surface area contributed by atoms with E-state index in [-0.39, 0.29) is 6.04 Å². The van der Waals surface area contributed by atoms with Crippen molar-refractivity contribution >= 4 is 11.8 Å². The maximum atomic E-state index is 11.9. The number of rotatable bonds is 5. The standard InChI is InChI=1S/C19H29N3O3/c1-25-19(24)15-8-5-10-20-18(15)22-11-9-16(17(23)13-22)21-12-14-6-3-2-4-7-14/h5,8,10,14,16-17,21,23H,2-4,6-7,9,11-13H2,1H3. The molecule has 1 saturated heterocycles. The maximum absolute atomic E-state index is 11.9. The van der Waals surface area contributed by atoms with Crippen LogP contribution in [0, 0.1) is 5.92 Å². The Labute approximate surface area is 149 Å². The number of hydrogen-bond acceptors (Lipinski definition) is 6. The van der Waals surface area contributed by atoms with Gasteiger partial charge in [0.1, 0.15) is 11.4 Å². The summed E-state index contributed by atoms with van der Waals surface area (Å²) in [6, 6.07) is 3.56. The second kappa shape index (κ2) is 8.63. The number of nitrogens with zero attached hydrogens (tertiary/aromatic N) is 2. The van der Waals surface area contributed by atoms with E-state index in [0.29, 0.717) is 17.9 Å². The van der Waals surface area contributed by atoms with Gasteiger partial charge in [-0.15, -0.1) is 0 Å². The van der Waals surface area contributed by atoms with Crippen molar-refractivity contribution in [3.8, 4) is 0 Å². The van der Waals surface area contributed by atoms with Crippen LogP contribution in [-0.4, -0.2) is 54.9 Å². The van der Waals surface area contributed by atoms with E-state index < -0.39 is 12.1 Å². The molecule has 0 bridgehead atoms. The summed E-state index contributed by atoms with van der Waals surface area (Å²) < 4.78 is 4.84. The SMILES string of the molecule is COC(=O)c1cccnc1N1CCC(NCC2CCCCC2)C(O)C1. The van der Waals surface area contributed by atoms with Gasteiger partial charge in [0.2, 0.25) is 0 Å². The molecular formula is C19H29N3O3. The fourth-order valence-corrected chi connectivity index (χ4v) is 3.99. The molecular weight excluding hydrogens is 318 g/mol. The lowest BCUT2D eigenvalue weighted by Crippen LogP contribution is -2.54. The number of aliphatic hydroxyl groups is 1. The van der Waals surface area contributed by atoms with E-state index in [1.165, 1.54) is 39.2 Å². The predicted molar refractivity (Wildman–Crippen MR) is 96.8 cm³/mol. The summed E-state index contributed by atoms with van der Waals surface area (Å²) in [6.07, 6.45) is 8.69. The minimum absolute atomic E-state index is 0.114. The Morgan fingerprint density at radius 2 is 2.16 bits per heavy atom. The number of piperidine rings is 1. The van der Waals surface area contributed by atoms with Gasteiger partial charge in [-0.05, 0) is 43.9 Å². The monoisotopic (exact) mass is 347 g/mol. The van der Waals surface area contributed by atoms with Gasteiger partial charge in [-0.2, -0.15) is 0 Å². The van der Waals surface area contributed by atoms with Gasteiger partial charge in [-0.3, -0.25) is 0 Å². The average Bonchev–Trinajstić information content (AvgIpc) is 2.67. The molecule has 2 aliphatic rings. The topological polar surface area (TPSA) is 74.7 Å². The van der Waals surface area contributed by atoms with E-state index in [0.717, 1.165) is 25.4 Å². The second-order valence-electron chi connectivity index (χ2n) is 7.19. The second-order valence-corrected chi connectivity index (χ2v) is 7.19. The van der Waals surface area contributed by atoms with E-state index in [9.17, 15) is 9.90 Å². The zero-order valence-electron chi connectivity index (χ0n) is 15.0. The van der Waals surface area contributed by atoms with Gasteiger partial charge < -0.3 is 20.1 Å². The highest BCUT2D eigenvalue weighted by Gasteiger charge is 2.30. The number of aromatic nitrogens is 1. The van der Waals surface area contributed by atoms with E-state index >= 15 is 0 Å². The molecule has 1 aliphatic heterocycles. The molecule has 1 aliphatic carbocycles. The van der Waals surface area contributed by atoms with Crippen molar-refractivity contribution in [1.29, 1.82) is 0 Å². The molecule has 0 amide bonds. The summed E-state index contributed by atoms with van der Waals surface area (Å²) >= 11 is 0. The third-order valence-electron chi connectivity index (χ3n) is 5.47. The quantitative estimate of drug-likeness (QED) is 0.794. The molecule has 6 heteroatoms. The number of hydrogen-bond donors (Lipinski definition) is 2. The average molecular weight is 347 g/mol. The molecule has 2 heterocycles. The van der Waals surface area contributed by atoms with Crippen LogP contribution in [0.1, 0.15) is 48.9 Å². The maximum Gasteiger partial charge on any atom is 0.341 e. The first kappa shape index (κ1) is 18.1. The van der Waals surface area contributed by atoms with Crippen LogP contribution >= 0.6 is 0 Å². The zero-order valence-corrected chi connectivity index (χ0v) is 15.0. The lowest BCUT2D eigenvalue weighted by molar-refractivity contribution is 0.0599. The summed E-state index contributed by atoms with van der Waals surface area (Å²) in [7, 11) is 1.37. The smallest absolute Gasteiger partial charge is 0.341 e. The molecule has 1 saturated carbocycles. The van der Waals surface area contributed by atoms with Crippen LogP contribution in [0.3, 0.4) is 0 Å². The highest BCUT2D eigenvalue weighted by atomic mass is 16.5. The van der Waals surface area contributed by atoms with Crippen molar-refractivity contribution in [2.75, 3.05) is 31.6 Å². The number of carbonyl (C=O) groups excluding carboxylic acids is 1. The minimum Gasteiger partial charge on any atom is -0.465 e. The Balaban J connectivity index is 1.57. The molecule has 0 aromatic carbocycles. The zero-order chi connectivity index (χ0) is 17.6. The van der Waals surface area contributed by atoms with Gasteiger partial charge in [0.15, 0.2) is 0 Å². The predicted octanol–water partition coefficient (Wildman–Crippen LogP) is 1.98. The third-order valence-corrected chi connectivity index (χ3v) is 5.47. The Morgan fingerprint density at radius 3 is 2.88 bits per heavy atom. The highest BCUT2D eigenvalue weighted by molar-refractivity contribution is 5.94. The molecule has 1 aromatic rings. The van der Waals surface area contributed by atoms with Gasteiger partial charge in [-0.1, -0.05) is 19.3 Å². The Bertz CT molecular complexity index is 575. The van der Waals surface area contributed by atoms with Crippen molar-refractivity contribution in [3.63, 3.8) is 0 Å². The number of carbonyl (C=O) groups is 1. The number of ether oxygens (including phenoxy) is 1. The van der Waals surface area contributed by atoms with Crippen molar-refractivity contribution in [2.24, 2.45) is 5.92 Å². The molecule has 6 nitrogen and oxygen atoms in total. The third kappa shape index (κ3) is 4.50. The fourth-order valence-electron chi connectivity index (χ4n) is 3.99. The first-order chi connectivity index (χ1) is 12.2. The summed E-state index contributed by atoms with van der Waals surface area (Å²) in [6.45, 7) is 2.24. The molecule has 0 spiro atoms. The number of β-amino-alcohol motifs (C(OH)–C–C–N with tert-alkyl or cyclic N) is 1. The van der Waals surface area contributed by atoms with Crippen molar-refractivity contribution in [2.45, 2.75) is 50.7 Å². The minimum atomic E-state index is -0.468. The van der Waals surface area contributed by atoms with Gasteiger partial charge in [0, 0.05) is 25.3 Å². The molecule has 0 radical (unpaired) electrons. The number of nitrogens with one attached hydrogen (secondary N) is 1. The highest BCUT2D eigenvalue weighted by Crippen LogP contribution is 2.25. The molecule has 1 aromatic heterocycles. The van der Waals surface area contributed by atoms with Gasteiger partial charge in [0.25, 0.3) is 0 Å². The largest absolute Gasteiger partial charge is 0.465 e. The molecule has 138 valence electrons. The molecule has 3 rings (SSSR count). The van der Waals surface area contributed by atoms with Crippen LogP contribution < -0.4 is 10.2 Å². The van der Waals surface area contributed by atoms with Crippen LogP contribution in [0.5, 0.6) is 0 Å². The number of esters is 1. The summed E-state index contributed by atoms with van der Waals surface area (Å²) in [4.78, 5) is 18.3. The molecule has 2 atom stereocenters. The van der Waals surface area contributed by atoms with Crippen LogP contribution in [0.15, 0.2) is 18.3 Å². The first-order valence-corrected chi connectivity index (χ1v) is 9.38. The van der Waals surface area contributed by atoms with Crippen molar-refractivity contribution in [1.82, 2.24) is 10.3 Å². The van der Waals surface area contributed by atoms with Crippen LogP contribution in [0.2, 0.25) is 0 Å². The molecule has 2 fully saturated rings. The fraction of sp³-hybridized carbons (Fsp3) is 0.684. The van der Waals surface area contributed by atoms with E-state index in [1.54, 1.807) is 18.3 Å². The lowest BCUT2D eigenvalue weighted by atomic mass is 9.89. The van der Waals surface area contributed by atoms with Crippen LogP contribution in [0.4, 0.5) is 5.82 Å². The molecule has 25 heavy (non-hydrogen) atoms. The van der Waals surface area contributed by atoms with Crippen molar-refractivity contribution < 1.29 is 14.6 Å². The lowest BCUT2D eigenvalue weighted by Gasteiger charge is -2.38. The van der Waals surface area contributed by atoms with Gasteiger partial charge in [0.05, 0.1) is 13.2 Å². The van der Waals surface area contributed by atoms with Crippen molar-refractivity contribution in [3.05, 3.63) is 23.9 Å². The number of methoxy groups -OCH3 is 1.